The van der Waals surface area contributed by atoms with E-state index in [9.17, 15) is 4.79 Å². The number of nitrogens with zero attached hydrogens (tertiary/aromatic N) is 3. The summed E-state index contributed by atoms with van der Waals surface area (Å²) in [6.07, 6.45) is 0. The number of hydrogen-bond donors (Lipinski definition) is 0. The fraction of sp³-hybridized carbons (Fsp3) is 0.357. The van der Waals surface area contributed by atoms with Gasteiger partial charge < -0.3 is 4.90 Å². The fourth-order valence-electron chi connectivity index (χ4n) is 1.76. The number of carbonyl (C=O) groups excluding carboxylic acids is 1. The maximum absolute atomic E-state index is 11.9. The molecule has 0 atom stereocenters. The molecule has 0 aliphatic rings. The van der Waals surface area contributed by atoms with Crippen LogP contribution in [0.25, 0.3) is 10.6 Å². The summed E-state index contributed by atoms with van der Waals surface area (Å²) in [5, 5.41) is 9.20. The molecule has 1 aromatic heterocycles. The molecule has 4 nitrogen and oxygen atoms in total. The molecule has 2 aromatic rings. The summed E-state index contributed by atoms with van der Waals surface area (Å²) in [5.41, 5.74) is 1.06. The molecule has 0 aliphatic heterocycles. The highest BCUT2D eigenvalue weighted by Crippen LogP contribution is 2.29. The van der Waals surface area contributed by atoms with Crippen LogP contribution >= 0.6 is 23.1 Å². The molecule has 6 heteroatoms. The quantitative estimate of drug-likeness (QED) is 0.769. The predicted octanol–water partition coefficient (Wildman–Crippen LogP) is 3.17. The van der Waals surface area contributed by atoms with Gasteiger partial charge >= 0.3 is 0 Å². The summed E-state index contributed by atoms with van der Waals surface area (Å²) in [6, 6.07) is 9.95. The topological polar surface area (TPSA) is 46.1 Å². The lowest BCUT2D eigenvalue weighted by molar-refractivity contribution is -0.127. The van der Waals surface area contributed by atoms with Gasteiger partial charge in [-0.25, -0.2) is 0 Å². The van der Waals surface area contributed by atoms with E-state index in [-0.39, 0.29) is 5.91 Å². The zero-order chi connectivity index (χ0) is 14.4. The molecule has 1 amide bonds. The SMILES string of the molecule is CCN(CC)C(=O)CSc1nnc(-c2ccccc2)s1. The van der Waals surface area contributed by atoms with Crippen molar-refractivity contribution in [2.24, 2.45) is 0 Å². The van der Waals surface area contributed by atoms with Gasteiger partial charge in [-0.3, -0.25) is 4.79 Å². The molecule has 0 saturated heterocycles. The van der Waals surface area contributed by atoms with E-state index in [1.54, 1.807) is 0 Å². The summed E-state index contributed by atoms with van der Waals surface area (Å²) in [5.74, 6) is 0.571. The van der Waals surface area contributed by atoms with Gasteiger partial charge in [-0.05, 0) is 13.8 Å². The van der Waals surface area contributed by atoms with E-state index in [1.807, 2.05) is 49.1 Å². The van der Waals surface area contributed by atoms with Gasteiger partial charge in [-0.15, -0.1) is 10.2 Å². The first-order valence-corrected chi connectivity index (χ1v) is 8.34. The Balaban J connectivity index is 1.95. The maximum atomic E-state index is 11.9. The van der Waals surface area contributed by atoms with Gasteiger partial charge in [0.05, 0.1) is 5.75 Å². The first-order valence-electron chi connectivity index (χ1n) is 6.54. The van der Waals surface area contributed by atoms with Gasteiger partial charge in [-0.2, -0.15) is 0 Å². The summed E-state index contributed by atoms with van der Waals surface area (Å²) in [6.45, 7) is 5.48. The third kappa shape index (κ3) is 3.80. The Morgan fingerprint density at radius 2 is 1.90 bits per heavy atom. The van der Waals surface area contributed by atoms with Crippen LogP contribution in [0.5, 0.6) is 0 Å². The molecule has 0 radical (unpaired) electrons. The van der Waals surface area contributed by atoms with Crippen molar-refractivity contribution in [1.29, 1.82) is 0 Å². The molecule has 0 spiro atoms. The standard InChI is InChI=1S/C14H17N3OS2/c1-3-17(4-2)12(18)10-19-14-16-15-13(20-14)11-8-6-5-7-9-11/h5-9H,3-4,10H2,1-2H3. The van der Waals surface area contributed by atoms with E-state index in [1.165, 1.54) is 23.1 Å². The molecule has 0 saturated carbocycles. The van der Waals surface area contributed by atoms with E-state index < -0.39 is 0 Å². The second kappa shape index (κ2) is 7.40. The summed E-state index contributed by atoms with van der Waals surface area (Å²) in [4.78, 5) is 13.7. The minimum Gasteiger partial charge on any atom is -0.343 e. The van der Waals surface area contributed by atoms with E-state index >= 15 is 0 Å². The normalized spacial score (nSPS) is 10.5. The largest absolute Gasteiger partial charge is 0.343 e. The lowest BCUT2D eigenvalue weighted by atomic mass is 10.2. The van der Waals surface area contributed by atoms with Crippen molar-refractivity contribution in [3.8, 4) is 10.6 Å². The maximum Gasteiger partial charge on any atom is 0.233 e. The van der Waals surface area contributed by atoms with Crippen molar-refractivity contribution in [3.05, 3.63) is 30.3 Å². The Bertz CT molecular complexity index is 553. The van der Waals surface area contributed by atoms with Crippen LogP contribution in [0.3, 0.4) is 0 Å². The van der Waals surface area contributed by atoms with Crippen molar-refractivity contribution < 1.29 is 4.79 Å². The van der Waals surface area contributed by atoms with Crippen molar-refractivity contribution >= 4 is 29.0 Å². The summed E-state index contributed by atoms with van der Waals surface area (Å²) < 4.78 is 0.837. The molecule has 1 aromatic carbocycles. The van der Waals surface area contributed by atoms with Gasteiger partial charge in [0.15, 0.2) is 4.34 Å². The molecule has 0 unspecified atom stereocenters. The Labute approximate surface area is 127 Å². The number of thioether (sulfide) groups is 1. The third-order valence-electron chi connectivity index (χ3n) is 2.86. The van der Waals surface area contributed by atoms with Gasteiger partial charge in [0.2, 0.25) is 5.91 Å². The molecule has 0 aliphatic carbocycles. The Morgan fingerprint density at radius 1 is 1.20 bits per heavy atom. The molecule has 0 bridgehead atoms. The van der Waals surface area contributed by atoms with Crippen LogP contribution in [0.15, 0.2) is 34.7 Å². The van der Waals surface area contributed by atoms with E-state index in [0.717, 1.165) is 28.0 Å². The Kier molecular flexibility index (Phi) is 5.55. The predicted molar refractivity (Wildman–Crippen MR) is 84.0 cm³/mol. The highest BCUT2D eigenvalue weighted by atomic mass is 32.2. The third-order valence-corrected chi connectivity index (χ3v) is 4.95. The van der Waals surface area contributed by atoms with Crippen LogP contribution in [0, 0.1) is 0 Å². The number of rotatable bonds is 6. The molecule has 2 rings (SSSR count). The van der Waals surface area contributed by atoms with Gasteiger partial charge in [0.1, 0.15) is 5.01 Å². The average molecular weight is 307 g/mol. The van der Waals surface area contributed by atoms with Crippen LogP contribution in [-0.2, 0) is 4.79 Å². The summed E-state index contributed by atoms with van der Waals surface area (Å²) in [7, 11) is 0. The molecule has 0 N–H and O–H groups in total. The Hall–Kier alpha value is -1.40. The van der Waals surface area contributed by atoms with Gasteiger partial charge in [0.25, 0.3) is 0 Å². The van der Waals surface area contributed by atoms with Crippen molar-refractivity contribution in [3.63, 3.8) is 0 Å². The lowest BCUT2D eigenvalue weighted by Gasteiger charge is -2.17. The number of hydrogen-bond acceptors (Lipinski definition) is 5. The van der Waals surface area contributed by atoms with E-state index in [4.69, 9.17) is 0 Å². The van der Waals surface area contributed by atoms with Crippen molar-refractivity contribution in [2.75, 3.05) is 18.8 Å². The van der Waals surface area contributed by atoms with Crippen LogP contribution in [0.4, 0.5) is 0 Å². The van der Waals surface area contributed by atoms with Crippen molar-refractivity contribution in [1.82, 2.24) is 15.1 Å². The fourth-order valence-corrected chi connectivity index (χ4v) is 3.52. The lowest BCUT2D eigenvalue weighted by Crippen LogP contribution is -2.31. The Morgan fingerprint density at radius 3 is 2.55 bits per heavy atom. The monoisotopic (exact) mass is 307 g/mol. The van der Waals surface area contributed by atoms with E-state index in [0.29, 0.717) is 5.75 Å². The van der Waals surface area contributed by atoms with Gasteiger partial charge in [-0.1, -0.05) is 53.4 Å². The minimum absolute atomic E-state index is 0.150. The summed E-state index contributed by atoms with van der Waals surface area (Å²) >= 11 is 2.98. The second-order valence-corrected chi connectivity index (χ2v) is 6.29. The van der Waals surface area contributed by atoms with Crippen LogP contribution < -0.4 is 0 Å². The number of amides is 1. The van der Waals surface area contributed by atoms with Crippen LogP contribution in [0.1, 0.15) is 13.8 Å². The smallest absolute Gasteiger partial charge is 0.233 e. The second-order valence-electron chi connectivity index (χ2n) is 4.09. The number of aromatic nitrogens is 2. The zero-order valence-electron chi connectivity index (χ0n) is 11.6. The molecule has 20 heavy (non-hydrogen) atoms. The van der Waals surface area contributed by atoms with Gasteiger partial charge in [0, 0.05) is 18.7 Å². The number of benzene rings is 1. The highest BCUT2D eigenvalue weighted by molar-refractivity contribution is 8.01. The first-order chi connectivity index (χ1) is 9.74. The van der Waals surface area contributed by atoms with E-state index in [2.05, 4.69) is 10.2 Å². The van der Waals surface area contributed by atoms with Crippen molar-refractivity contribution in [2.45, 2.75) is 18.2 Å². The number of carbonyl (C=O) groups is 1. The molecular weight excluding hydrogens is 290 g/mol. The highest BCUT2D eigenvalue weighted by Gasteiger charge is 2.12. The molecule has 1 heterocycles. The first kappa shape index (κ1) is 15.0. The van der Waals surface area contributed by atoms with Crippen LogP contribution in [-0.4, -0.2) is 39.8 Å². The average Bonchev–Trinajstić information content (AvgIpc) is 2.96. The molecular formula is C14H17N3OS2. The molecule has 0 fully saturated rings. The zero-order valence-corrected chi connectivity index (χ0v) is 13.2. The van der Waals surface area contributed by atoms with Crippen LogP contribution in [0.2, 0.25) is 0 Å². The minimum atomic E-state index is 0.150. The molecule has 106 valence electrons.